The maximum atomic E-state index is 12.5. The number of pyridine rings is 1. The molecule has 3 aliphatic carbocycles. The van der Waals surface area contributed by atoms with E-state index in [4.69, 9.17) is 10.00 Å². The molecule has 1 heterocycles. The fraction of sp³-hybridized carbons (Fsp3) is 0.440. The summed E-state index contributed by atoms with van der Waals surface area (Å²) in [5, 5.41) is 14.6. The van der Waals surface area contributed by atoms with Gasteiger partial charge in [-0.1, -0.05) is 6.92 Å². The second-order valence-corrected chi connectivity index (χ2v) is 9.42. The maximum Gasteiger partial charge on any atom is 0.274 e. The van der Waals surface area contributed by atoms with Gasteiger partial charge in [0.05, 0.1) is 29.1 Å². The summed E-state index contributed by atoms with van der Waals surface area (Å²) in [6, 6.07) is 10.4. The quantitative estimate of drug-likeness (QED) is 0.695. The molecular weight excluding hydrogens is 404 g/mol. The Morgan fingerprint density at radius 1 is 1.06 bits per heavy atom. The summed E-state index contributed by atoms with van der Waals surface area (Å²) in [7, 11) is 0. The van der Waals surface area contributed by atoms with Crippen molar-refractivity contribution in [1.82, 2.24) is 4.98 Å². The van der Waals surface area contributed by atoms with E-state index in [1.807, 2.05) is 6.92 Å². The number of rotatable bonds is 6. The molecule has 7 heteroatoms. The van der Waals surface area contributed by atoms with Gasteiger partial charge < -0.3 is 15.4 Å². The first-order valence-corrected chi connectivity index (χ1v) is 11.0. The van der Waals surface area contributed by atoms with Crippen LogP contribution < -0.4 is 10.6 Å². The van der Waals surface area contributed by atoms with Crippen LogP contribution in [-0.2, 0) is 9.53 Å². The molecule has 166 valence electrons. The maximum absolute atomic E-state index is 12.5. The molecule has 3 aliphatic rings. The van der Waals surface area contributed by atoms with Crippen LogP contribution in [0.25, 0.3) is 0 Å². The monoisotopic (exact) mass is 432 g/mol. The number of ether oxygens (including phenoxy) is 1. The van der Waals surface area contributed by atoms with Crippen LogP contribution in [0.15, 0.2) is 36.5 Å². The zero-order valence-electron chi connectivity index (χ0n) is 18.5. The van der Waals surface area contributed by atoms with E-state index in [2.05, 4.69) is 28.6 Å². The molecule has 0 unspecified atom stereocenters. The molecule has 0 saturated heterocycles. The van der Waals surface area contributed by atoms with Crippen LogP contribution in [0.5, 0.6) is 0 Å². The summed E-state index contributed by atoms with van der Waals surface area (Å²) in [5.41, 5.74) is 2.93. The summed E-state index contributed by atoms with van der Waals surface area (Å²) in [5.74, 6) is -0.609. The zero-order valence-corrected chi connectivity index (χ0v) is 18.5. The van der Waals surface area contributed by atoms with E-state index in [1.165, 1.54) is 25.5 Å². The number of hydrogen-bond acceptors (Lipinski definition) is 5. The Bertz CT molecular complexity index is 1050. The number of hydrogen-bond donors (Lipinski definition) is 2. The molecule has 2 N–H and O–H groups in total. The van der Waals surface area contributed by atoms with Gasteiger partial charge in [0.1, 0.15) is 12.3 Å². The molecule has 0 aliphatic heterocycles. The normalized spacial score (nSPS) is 23.9. The van der Waals surface area contributed by atoms with Crippen LogP contribution in [0.1, 0.15) is 67.1 Å². The molecule has 2 aromatic rings. The highest BCUT2D eigenvalue weighted by Gasteiger charge is 2.47. The summed E-state index contributed by atoms with van der Waals surface area (Å²) >= 11 is 0. The van der Waals surface area contributed by atoms with Crippen molar-refractivity contribution in [3.63, 3.8) is 0 Å². The van der Waals surface area contributed by atoms with E-state index in [0.717, 1.165) is 24.8 Å². The smallest absolute Gasteiger partial charge is 0.274 e. The molecule has 1 aromatic carbocycles. The molecule has 3 saturated carbocycles. The van der Waals surface area contributed by atoms with Crippen LogP contribution in [0.3, 0.4) is 0 Å². The van der Waals surface area contributed by atoms with Crippen LogP contribution in [0.2, 0.25) is 0 Å². The standard InChI is InChI=1S/C25H28N4O3/c1-17-11-18(14-26)13-20(12-17)29-23(31)21-4-3-19(15-27-21)28-22(30)16-32-25-8-5-24(2,6-9-25)7-10-25/h3-4,11-13,15H,5-10,16H2,1-2H3,(H,28,30)(H,29,31). The SMILES string of the molecule is Cc1cc(C#N)cc(NC(=O)c2ccc(NC(=O)COC34CCC(C)(CC3)CC4)cn2)c1. The summed E-state index contributed by atoms with van der Waals surface area (Å²) in [6.07, 6.45) is 8.04. The summed E-state index contributed by atoms with van der Waals surface area (Å²) in [4.78, 5) is 29.0. The number of carbonyl (C=O) groups excluding carboxylic acids is 2. The van der Waals surface area contributed by atoms with Crippen molar-refractivity contribution in [2.45, 2.75) is 58.0 Å². The Morgan fingerprint density at radius 3 is 2.41 bits per heavy atom. The van der Waals surface area contributed by atoms with Gasteiger partial charge >= 0.3 is 0 Å². The molecule has 0 spiro atoms. The number of aromatic nitrogens is 1. The zero-order chi connectivity index (χ0) is 22.8. The van der Waals surface area contributed by atoms with Gasteiger partial charge in [-0.15, -0.1) is 0 Å². The van der Waals surface area contributed by atoms with E-state index in [1.54, 1.807) is 30.3 Å². The highest BCUT2D eigenvalue weighted by Crippen LogP contribution is 2.53. The number of nitrogens with one attached hydrogen (secondary N) is 2. The molecule has 32 heavy (non-hydrogen) atoms. The van der Waals surface area contributed by atoms with E-state index in [-0.39, 0.29) is 29.7 Å². The van der Waals surface area contributed by atoms with E-state index in [0.29, 0.717) is 22.4 Å². The lowest BCUT2D eigenvalue weighted by Crippen LogP contribution is -2.47. The fourth-order valence-electron chi connectivity index (χ4n) is 4.69. The third kappa shape index (κ3) is 4.97. The van der Waals surface area contributed by atoms with Gasteiger partial charge in [0.25, 0.3) is 5.91 Å². The Morgan fingerprint density at radius 2 is 1.78 bits per heavy atom. The Kier molecular flexibility index (Phi) is 5.98. The van der Waals surface area contributed by atoms with E-state index < -0.39 is 0 Å². The molecule has 7 nitrogen and oxygen atoms in total. The lowest BCUT2D eigenvalue weighted by molar-refractivity contribution is -0.148. The highest BCUT2D eigenvalue weighted by molar-refractivity contribution is 6.03. The van der Waals surface area contributed by atoms with Crippen molar-refractivity contribution in [1.29, 1.82) is 5.26 Å². The first kappa shape index (κ1) is 22.0. The van der Waals surface area contributed by atoms with Gasteiger partial charge in [-0.3, -0.25) is 9.59 Å². The minimum Gasteiger partial charge on any atom is -0.365 e. The van der Waals surface area contributed by atoms with E-state index in [9.17, 15) is 9.59 Å². The molecule has 3 fully saturated rings. The van der Waals surface area contributed by atoms with Gasteiger partial charge in [-0.05, 0) is 86.8 Å². The number of fused-ring (bicyclic) bond motifs is 3. The van der Waals surface area contributed by atoms with Crippen molar-refractivity contribution in [2.75, 3.05) is 17.2 Å². The van der Waals surface area contributed by atoms with Crippen molar-refractivity contribution < 1.29 is 14.3 Å². The Labute approximate surface area is 188 Å². The number of aryl methyl sites for hydroxylation is 1. The molecule has 0 atom stereocenters. The number of carbonyl (C=O) groups is 2. The molecule has 5 rings (SSSR count). The van der Waals surface area contributed by atoms with Crippen molar-refractivity contribution >= 4 is 23.2 Å². The Balaban J connectivity index is 1.30. The van der Waals surface area contributed by atoms with Gasteiger partial charge in [-0.2, -0.15) is 5.26 Å². The highest BCUT2D eigenvalue weighted by atomic mass is 16.5. The molecular formula is C25H28N4O3. The average Bonchev–Trinajstić information content (AvgIpc) is 2.79. The predicted molar refractivity (Wildman–Crippen MR) is 121 cm³/mol. The largest absolute Gasteiger partial charge is 0.365 e. The van der Waals surface area contributed by atoms with E-state index >= 15 is 0 Å². The van der Waals surface area contributed by atoms with Crippen LogP contribution >= 0.6 is 0 Å². The predicted octanol–water partition coefficient (Wildman–Crippen LogP) is 4.58. The van der Waals surface area contributed by atoms with Crippen LogP contribution in [0, 0.1) is 23.7 Å². The first-order valence-electron chi connectivity index (χ1n) is 11.0. The van der Waals surface area contributed by atoms with Crippen molar-refractivity contribution in [2.24, 2.45) is 5.41 Å². The first-order chi connectivity index (χ1) is 15.3. The Hall–Kier alpha value is -3.24. The number of benzene rings is 1. The summed E-state index contributed by atoms with van der Waals surface area (Å²) in [6.45, 7) is 4.23. The number of amides is 2. The minimum atomic E-state index is -0.388. The third-order valence-corrected chi connectivity index (χ3v) is 6.81. The third-order valence-electron chi connectivity index (χ3n) is 6.81. The van der Waals surface area contributed by atoms with Crippen LogP contribution in [0.4, 0.5) is 11.4 Å². The van der Waals surface area contributed by atoms with Gasteiger partial charge in [0.2, 0.25) is 5.91 Å². The molecule has 1 aromatic heterocycles. The van der Waals surface area contributed by atoms with Crippen molar-refractivity contribution in [3.05, 3.63) is 53.3 Å². The summed E-state index contributed by atoms with van der Waals surface area (Å²) < 4.78 is 6.07. The topological polar surface area (TPSA) is 104 Å². The fourth-order valence-corrected chi connectivity index (χ4v) is 4.69. The molecule has 2 amide bonds. The number of nitriles is 1. The van der Waals surface area contributed by atoms with Crippen molar-refractivity contribution in [3.8, 4) is 6.07 Å². The lowest BCUT2D eigenvalue weighted by atomic mass is 9.59. The molecule has 0 radical (unpaired) electrons. The number of anilines is 2. The van der Waals surface area contributed by atoms with Gasteiger partial charge in [0, 0.05) is 5.69 Å². The van der Waals surface area contributed by atoms with Gasteiger partial charge in [0.15, 0.2) is 0 Å². The molecule has 2 bridgehead atoms. The minimum absolute atomic E-state index is 0.0214. The second kappa shape index (κ2) is 8.71. The number of nitrogens with zero attached hydrogens (tertiary/aromatic N) is 2. The second-order valence-electron chi connectivity index (χ2n) is 9.42. The average molecular weight is 433 g/mol. The lowest BCUT2D eigenvalue weighted by Gasteiger charge is -2.51. The van der Waals surface area contributed by atoms with Gasteiger partial charge in [-0.25, -0.2) is 4.98 Å². The van der Waals surface area contributed by atoms with Crippen LogP contribution in [-0.4, -0.2) is 29.0 Å².